The molecular formula is C22H25N3O2S. The number of fused-ring (bicyclic) bond motifs is 1. The van der Waals surface area contributed by atoms with Crippen LogP contribution in [0.4, 0.5) is 0 Å². The van der Waals surface area contributed by atoms with Crippen LogP contribution in [0.1, 0.15) is 29.7 Å². The summed E-state index contributed by atoms with van der Waals surface area (Å²) in [5.41, 5.74) is 3.51. The molecule has 0 aliphatic heterocycles. The summed E-state index contributed by atoms with van der Waals surface area (Å²) in [5, 5.41) is 14.3. The molecule has 1 heterocycles. The molecule has 0 aliphatic rings. The van der Waals surface area contributed by atoms with Crippen LogP contribution in [0, 0.1) is 6.92 Å². The van der Waals surface area contributed by atoms with E-state index in [0.29, 0.717) is 23.8 Å². The number of benzene rings is 2. The van der Waals surface area contributed by atoms with Gasteiger partial charge in [0.25, 0.3) is 5.56 Å². The van der Waals surface area contributed by atoms with Crippen molar-refractivity contribution in [2.24, 2.45) is 0 Å². The summed E-state index contributed by atoms with van der Waals surface area (Å²) in [7, 11) is 0. The maximum absolute atomic E-state index is 12.5. The molecule has 1 aromatic heterocycles. The molecule has 0 saturated heterocycles. The average Bonchev–Trinajstić information content (AvgIpc) is 2.68. The monoisotopic (exact) mass is 395 g/mol. The fourth-order valence-electron chi connectivity index (χ4n) is 3.16. The third kappa shape index (κ3) is 4.77. The van der Waals surface area contributed by atoms with Crippen LogP contribution in [0.3, 0.4) is 0 Å². The van der Waals surface area contributed by atoms with E-state index in [1.54, 1.807) is 0 Å². The number of aromatic nitrogens is 1. The molecule has 3 aromatic rings. The molecule has 0 aliphatic carbocycles. The molecule has 0 spiro atoms. The summed E-state index contributed by atoms with van der Waals surface area (Å²) in [4.78, 5) is 17.3. The van der Waals surface area contributed by atoms with Crippen molar-refractivity contribution in [3.05, 3.63) is 81.6 Å². The standard InChI is InChI=1S/C22H25N3O2S/c1-15-8-9-18-13-19(21(27)24-20(18)12-15)14-25(10-11-26)22(28)23-16(2)17-6-4-3-5-7-17/h3-9,12-13,16,26H,10-11,14H2,1-2H3,(H,23,28)(H,24,27). The molecule has 3 N–H and O–H groups in total. The first kappa shape index (κ1) is 20.0. The molecule has 1 atom stereocenters. The molecule has 2 aromatic carbocycles. The van der Waals surface area contributed by atoms with Crippen LogP contribution < -0.4 is 10.9 Å². The minimum atomic E-state index is -0.139. The van der Waals surface area contributed by atoms with E-state index < -0.39 is 0 Å². The number of pyridine rings is 1. The number of H-pyrrole nitrogens is 1. The lowest BCUT2D eigenvalue weighted by Gasteiger charge is -2.27. The fraction of sp³-hybridized carbons (Fsp3) is 0.273. The molecule has 6 heteroatoms. The van der Waals surface area contributed by atoms with Gasteiger partial charge in [-0.05, 0) is 54.7 Å². The summed E-state index contributed by atoms with van der Waals surface area (Å²) in [5.74, 6) is 0. The Labute approximate surface area is 170 Å². The summed E-state index contributed by atoms with van der Waals surface area (Å²) < 4.78 is 0. The fourth-order valence-corrected chi connectivity index (χ4v) is 3.49. The van der Waals surface area contributed by atoms with Gasteiger partial charge in [0.2, 0.25) is 0 Å². The second-order valence-electron chi connectivity index (χ2n) is 6.94. The number of aryl methyl sites for hydroxylation is 1. The SMILES string of the molecule is Cc1ccc2cc(CN(CCO)C(=S)NC(C)c3ccccc3)c(=O)[nH]c2c1. The first-order chi connectivity index (χ1) is 13.5. The first-order valence-corrected chi connectivity index (χ1v) is 9.72. The third-order valence-corrected chi connectivity index (χ3v) is 5.11. The minimum absolute atomic E-state index is 0.0211. The Morgan fingerprint density at radius 3 is 2.68 bits per heavy atom. The van der Waals surface area contributed by atoms with Gasteiger partial charge in [0.15, 0.2) is 5.11 Å². The molecule has 0 radical (unpaired) electrons. The van der Waals surface area contributed by atoms with Crippen molar-refractivity contribution in [2.75, 3.05) is 13.2 Å². The molecule has 0 fully saturated rings. The topological polar surface area (TPSA) is 68.4 Å². The van der Waals surface area contributed by atoms with Crippen LogP contribution in [0.25, 0.3) is 10.9 Å². The van der Waals surface area contributed by atoms with E-state index >= 15 is 0 Å². The quantitative estimate of drug-likeness (QED) is 0.559. The highest BCUT2D eigenvalue weighted by Crippen LogP contribution is 2.15. The van der Waals surface area contributed by atoms with Crippen LogP contribution in [-0.4, -0.2) is 33.3 Å². The van der Waals surface area contributed by atoms with Crippen molar-refractivity contribution >= 4 is 28.2 Å². The van der Waals surface area contributed by atoms with Crippen LogP contribution in [0.5, 0.6) is 0 Å². The van der Waals surface area contributed by atoms with Gasteiger partial charge in [0, 0.05) is 17.6 Å². The molecule has 28 heavy (non-hydrogen) atoms. The average molecular weight is 396 g/mol. The lowest BCUT2D eigenvalue weighted by Crippen LogP contribution is -2.42. The van der Waals surface area contributed by atoms with Crippen molar-refractivity contribution in [1.29, 1.82) is 0 Å². The predicted molar refractivity (Wildman–Crippen MR) is 117 cm³/mol. The second-order valence-corrected chi connectivity index (χ2v) is 7.33. The van der Waals surface area contributed by atoms with Gasteiger partial charge in [-0.3, -0.25) is 4.79 Å². The maximum atomic E-state index is 12.5. The molecule has 3 rings (SSSR count). The van der Waals surface area contributed by atoms with E-state index in [0.717, 1.165) is 22.0 Å². The minimum Gasteiger partial charge on any atom is -0.395 e. The zero-order chi connectivity index (χ0) is 20.1. The van der Waals surface area contributed by atoms with Gasteiger partial charge in [0.05, 0.1) is 19.2 Å². The lowest BCUT2D eigenvalue weighted by atomic mass is 10.1. The zero-order valence-electron chi connectivity index (χ0n) is 16.1. The summed E-state index contributed by atoms with van der Waals surface area (Å²) in [6.45, 7) is 4.65. The van der Waals surface area contributed by atoms with Crippen LogP contribution in [0.2, 0.25) is 0 Å². The van der Waals surface area contributed by atoms with Crippen molar-refractivity contribution in [3.8, 4) is 0 Å². The van der Waals surface area contributed by atoms with E-state index in [-0.39, 0.29) is 18.2 Å². The Balaban J connectivity index is 1.79. The summed E-state index contributed by atoms with van der Waals surface area (Å²) >= 11 is 5.56. The van der Waals surface area contributed by atoms with Crippen molar-refractivity contribution in [3.63, 3.8) is 0 Å². The van der Waals surface area contributed by atoms with Gasteiger partial charge in [-0.25, -0.2) is 0 Å². The Morgan fingerprint density at radius 1 is 1.21 bits per heavy atom. The van der Waals surface area contributed by atoms with Gasteiger partial charge < -0.3 is 20.3 Å². The van der Waals surface area contributed by atoms with Crippen molar-refractivity contribution in [1.82, 2.24) is 15.2 Å². The van der Waals surface area contributed by atoms with Gasteiger partial charge in [-0.1, -0.05) is 42.5 Å². The number of aromatic amines is 1. The van der Waals surface area contributed by atoms with E-state index in [1.807, 2.05) is 73.3 Å². The number of rotatable bonds is 6. The number of aliphatic hydroxyl groups is 1. The molecule has 5 nitrogen and oxygen atoms in total. The van der Waals surface area contributed by atoms with Crippen LogP contribution in [0.15, 0.2) is 59.4 Å². The highest BCUT2D eigenvalue weighted by Gasteiger charge is 2.15. The van der Waals surface area contributed by atoms with Crippen LogP contribution >= 0.6 is 12.2 Å². The van der Waals surface area contributed by atoms with Crippen LogP contribution in [-0.2, 0) is 6.54 Å². The van der Waals surface area contributed by atoms with Gasteiger partial charge in [-0.2, -0.15) is 0 Å². The van der Waals surface area contributed by atoms with Crippen molar-refractivity contribution in [2.45, 2.75) is 26.4 Å². The number of aliphatic hydroxyl groups excluding tert-OH is 1. The predicted octanol–water partition coefficient (Wildman–Crippen LogP) is 3.27. The summed E-state index contributed by atoms with van der Waals surface area (Å²) in [6.07, 6.45) is 0. The lowest BCUT2D eigenvalue weighted by molar-refractivity contribution is 0.244. The molecule has 0 saturated carbocycles. The summed E-state index contributed by atoms with van der Waals surface area (Å²) in [6, 6.07) is 17.9. The number of nitrogens with zero attached hydrogens (tertiary/aromatic N) is 1. The Kier molecular flexibility index (Phi) is 6.44. The molecule has 0 amide bonds. The normalized spacial score (nSPS) is 12.0. The van der Waals surface area contributed by atoms with Gasteiger partial charge in [-0.15, -0.1) is 0 Å². The second kappa shape index (κ2) is 8.99. The van der Waals surface area contributed by atoms with E-state index in [2.05, 4.69) is 10.3 Å². The molecule has 0 bridgehead atoms. The van der Waals surface area contributed by atoms with Gasteiger partial charge >= 0.3 is 0 Å². The molecule has 1 unspecified atom stereocenters. The number of hydrogen-bond donors (Lipinski definition) is 3. The first-order valence-electron chi connectivity index (χ1n) is 9.31. The Morgan fingerprint density at radius 2 is 1.96 bits per heavy atom. The zero-order valence-corrected chi connectivity index (χ0v) is 16.9. The van der Waals surface area contributed by atoms with Crippen molar-refractivity contribution < 1.29 is 5.11 Å². The third-order valence-electron chi connectivity index (χ3n) is 4.74. The largest absolute Gasteiger partial charge is 0.395 e. The smallest absolute Gasteiger partial charge is 0.253 e. The highest BCUT2D eigenvalue weighted by molar-refractivity contribution is 7.80. The van der Waals surface area contributed by atoms with Gasteiger partial charge in [0.1, 0.15) is 0 Å². The Hall–Kier alpha value is -2.70. The van der Waals surface area contributed by atoms with E-state index in [9.17, 15) is 9.90 Å². The number of thiocarbonyl (C=S) groups is 1. The number of nitrogens with one attached hydrogen (secondary N) is 2. The maximum Gasteiger partial charge on any atom is 0.253 e. The molecular weight excluding hydrogens is 370 g/mol. The molecule has 146 valence electrons. The number of hydrogen-bond acceptors (Lipinski definition) is 3. The van der Waals surface area contributed by atoms with E-state index in [4.69, 9.17) is 12.2 Å². The van der Waals surface area contributed by atoms with E-state index in [1.165, 1.54) is 0 Å². The highest BCUT2D eigenvalue weighted by atomic mass is 32.1. The Bertz CT molecular complexity index is 1020.